The molecule has 0 aromatic heterocycles. The molecule has 0 fully saturated rings. The summed E-state index contributed by atoms with van der Waals surface area (Å²) in [6.45, 7) is 8.85. The van der Waals surface area contributed by atoms with Crippen LogP contribution in [0, 0.1) is 5.92 Å². The van der Waals surface area contributed by atoms with E-state index >= 15 is 0 Å². The topological polar surface area (TPSA) is 32.3 Å². The Morgan fingerprint density at radius 3 is 2.42 bits per heavy atom. The van der Waals surface area contributed by atoms with Crippen LogP contribution in [0.15, 0.2) is 27.1 Å². The molecule has 0 radical (unpaired) electrons. The Morgan fingerprint density at radius 1 is 1.26 bits per heavy atom. The van der Waals surface area contributed by atoms with E-state index < -0.39 is 5.60 Å². The van der Waals surface area contributed by atoms with Crippen molar-refractivity contribution in [1.29, 1.82) is 0 Å². The highest BCUT2D eigenvalue weighted by Crippen LogP contribution is 2.27. The van der Waals surface area contributed by atoms with Crippen LogP contribution in [0.2, 0.25) is 0 Å². The molecule has 1 aromatic carbocycles. The van der Waals surface area contributed by atoms with Gasteiger partial charge < -0.3 is 10.4 Å². The highest BCUT2D eigenvalue weighted by atomic mass is 79.9. The third kappa shape index (κ3) is 5.94. The first-order valence-electron chi connectivity index (χ1n) is 6.62. The van der Waals surface area contributed by atoms with Crippen molar-refractivity contribution in [1.82, 2.24) is 5.32 Å². The number of hydrogen-bond donors (Lipinski definition) is 2. The number of halogens is 2. The van der Waals surface area contributed by atoms with Gasteiger partial charge in [-0.15, -0.1) is 0 Å². The monoisotopic (exact) mass is 391 g/mol. The van der Waals surface area contributed by atoms with Crippen molar-refractivity contribution in [3.63, 3.8) is 0 Å². The van der Waals surface area contributed by atoms with Crippen LogP contribution in [0.1, 0.15) is 45.7 Å². The van der Waals surface area contributed by atoms with Crippen LogP contribution < -0.4 is 5.32 Å². The van der Waals surface area contributed by atoms with E-state index in [9.17, 15) is 5.11 Å². The van der Waals surface area contributed by atoms with Gasteiger partial charge in [0.1, 0.15) is 0 Å². The summed E-state index contributed by atoms with van der Waals surface area (Å²) in [7, 11) is 0. The van der Waals surface area contributed by atoms with Gasteiger partial charge in [-0.1, -0.05) is 51.8 Å². The summed E-state index contributed by atoms with van der Waals surface area (Å²) < 4.78 is 2.13. The van der Waals surface area contributed by atoms with E-state index in [1.807, 2.05) is 19.1 Å². The summed E-state index contributed by atoms with van der Waals surface area (Å²) in [5, 5.41) is 13.7. The zero-order valence-corrected chi connectivity index (χ0v) is 15.2. The summed E-state index contributed by atoms with van der Waals surface area (Å²) in [6, 6.07) is 6.36. The quantitative estimate of drug-likeness (QED) is 0.737. The van der Waals surface area contributed by atoms with Crippen LogP contribution >= 0.6 is 31.9 Å². The van der Waals surface area contributed by atoms with Gasteiger partial charge >= 0.3 is 0 Å². The maximum atomic E-state index is 10.3. The molecule has 2 N–H and O–H groups in total. The molecular formula is C15H23Br2NO. The van der Waals surface area contributed by atoms with Crippen LogP contribution in [0.3, 0.4) is 0 Å². The third-order valence-corrected chi connectivity index (χ3v) is 4.25. The fourth-order valence-corrected chi connectivity index (χ4v) is 3.68. The molecule has 4 heteroatoms. The molecule has 0 saturated carbocycles. The molecular weight excluding hydrogens is 370 g/mol. The fraction of sp³-hybridized carbons (Fsp3) is 0.600. The normalized spacial score (nSPS) is 16.4. The van der Waals surface area contributed by atoms with Gasteiger partial charge in [0.15, 0.2) is 0 Å². The van der Waals surface area contributed by atoms with Crippen molar-refractivity contribution in [2.45, 2.75) is 45.8 Å². The van der Waals surface area contributed by atoms with Crippen molar-refractivity contribution in [3.05, 3.63) is 32.7 Å². The molecule has 2 unspecified atom stereocenters. The summed E-state index contributed by atoms with van der Waals surface area (Å²) in [6.07, 6.45) is 0.800. The molecule has 108 valence electrons. The van der Waals surface area contributed by atoms with Gasteiger partial charge in [0.2, 0.25) is 0 Å². The number of rotatable bonds is 6. The molecule has 0 bridgehead atoms. The predicted molar refractivity (Wildman–Crippen MR) is 88.3 cm³/mol. The second kappa shape index (κ2) is 7.21. The van der Waals surface area contributed by atoms with Gasteiger partial charge in [-0.3, -0.25) is 0 Å². The Balaban J connectivity index is 2.62. The third-order valence-electron chi connectivity index (χ3n) is 3.07. The maximum absolute atomic E-state index is 10.3. The Kier molecular flexibility index (Phi) is 6.51. The lowest BCUT2D eigenvalue weighted by atomic mass is 9.94. The average Bonchev–Trinajstić information content (AvgIpc) is 2.24. The van der Waals surface area contributed by atoms with Crippen LogP contribution in [-0.2, 0) is 0 Å². The fourth-order valence-electron chi connectivity index (χ4n) is 2.29. The van der Waals surface area contributed by atoms with Gasteiger partial charge in [-0.2, -0.15) is 0 Å². The number of aliphatic hydroxyl groups is 1. The zero-order valence-electron chi connectivity index (χ0n) is 12.0. The summed E-state index contributed by atoms with van der Waals surface area (Å²) in [5.41, 5.74) is 0.535. The second-order valence-electron chi connectivity index (χ2n) is 5.86. The van der Waals surface area contributed by atoms with E-state index in [-0.39, 0.29) is 6.04 Å². The van der Waals surface area contributed by atoms with Crippen molar-refractivity contribution >= 4 is 31.9 Å². The minimum absolute atomic E-state index is 0.195. The number of benzene rings is 1. The van der Waals surface area contributed by atoms with Crippen LogP contribution in [0.25, 0.3) is 0 Å². The largest absolute Gasteiger partial charge is 0.389 e. The molecule has 0 amide bonds. The molecule has 0 aliphatic carbocycles. The zero-order chi connectivity index (χ0) is 14.6. The smallest absolute Gasteiger partial charge is 0.0746 e. The first-order chi connectivity index (χ1) is 8.71. The van der Waals surface area contributed by atoms with E-state index in [1.165, 1.54) is 5.56 Å². The Hall–Kier alpha value is 0.1000. The molecule has 0 aliphatic rings. The van der Waals surface area contributed by atoms with Crippen LogP contribution in [0.5, 0.6) is 0 Å². The van der Waals surface area contributed by atoms with Gasteiger partial charge in [-0.25, -0.2) is 0 Å². The first kappa shape index (κ1) is 17.2. The van der Waals surface area contributed by atoms with Gasteiger partial charge in [0, 0.05) is 21.5 Å². The first-order valence-corrected chi connectivity index (χ1v) is 8.20. The van der Waals surface area contributed by atoms with Crippen molar-refractivity contribution in [2.75, 3.05) is 6.54 Å². The summed E-state index contributed by atoms with van der Waals surface area (Å²) >= 11 is 7.03. The van der Waals surface area contributed by atoms with E-state index in [0.717, 1.165) is 15.4 Å². The molecule has 1 aromatic rings. The molecule has 19 heavy (non-hydrogen) atoms. The lowest BCUT2D eigenvalue weighted by Gasteiger charge is -2.28. The molecule has 0 saturated heterocycles. The molecule has 0 heterocycles. The van der Waals surface area contributed by atoms with E-state index in [1.54, 1.807) is 0 Å². The Morgan fingerprint density at radius 2 is 1.89 bits per heavy atom. The lowest BCUT2D eigenvalue weighted by Crippen LogP contribution is -2.39. The second-order valence-corrected chi connectivity index (χ2v) is 7.63. The van der Waals surface area contributed by atoms with E-state index in [4.69, 9.17) is 0 Å². The SMILES string of the molecule is CC(C)CC(C)(O)CNC(C)c1ccc(Br)cc1Br. The minimum Gasteiger partial charge on any atom is -0.389 e. The lowest BCUT2D eigenvalue weighted by molar-refractivity contribution is 0.0363. The molecule has 2 nitrogen and oxygen atoms in total. The van der Waals surface area contributed by atoms with Crippen molar-refractivity contribution < 1.29 is 5.11 Å². The van der Waals surface area contributed by atoms with E-state index in [0.29, 0.717) is 12.5 Å². The highest BCUT2D eigenvalue weighted by molar-refractivity contribution is 9.11. The Bertz CT molecular complexity index is 419. The van der Waals surface area contributed by atoms with Gasteiger partial charge in [0.05, 0.1) is 5.60 Å². The Labute approximate surface area is 133 Å². The van der Waals surface area contributed by atoms with Gasteiger partial charge in [-0.05, 0) is 43.9 Å². The minimum atomic E-state index is -0.662. The molecule has 0 aliphatic heterocycles. The highest BCUT2D eigenvalue weighted by Gasteiger charge is 2.22. The average molecular weight is 393 g/mol. The standard InChI is InChI=1S/C15H23Br2NO/c1-10(2)8-15(4,19)9-18-11(3)13-6-5-12(16)7-14(13)17/h5-7,10-11,18-19H,8-9H2,1-4H3. The molecule has 2 atom stereocenters. The molecule has 0 spiro atoms. The van der Waals surface area contributed by atoms with Crippen molar-refractivity contribution in [2.24, 2.45) is 5.92 Å². The predicted octanol–water partition coefficient (Wildman–Crippen LogP) is 4.66. The van der Waals surface area contributed by atoms with Gasteiger partial charge in [0.25, 0.3) is 0 Å². The van der Waals surface area contributed by atoms with E-state index in [2.05, 4.69) is 64.0 Å². The summed E-state index contributed by atoms with van der Waals surface area (Å²) in [4.78, 5) is 0. The maximum Gasteiger partial charge on any atom is 0.0746 e. The molecule has 1 rings (SSSR count). The number of hydrogen-bond acceptors (Lipinski definition) is 2. The van der Waals surface area contributed by atoms with Crippen molar-refractivity contribution in [3.8, 4) is 0 Å². The summed E-state index contributed by atoms with van der Waals surface area (Å²) in [5.74, 6) is 0.492. The number of nitrogens with one attached hydrogen (secondary N) is 1. The van der Waals surface area contributed by atoms with Crippen LogP contribution in [0.4, 0.5) is 0 Å². The van der Waals surface area contributed by atoms with Crippen LogP contribution in [-0.4, -0.2) is 17.3 Å².